The van der Waals surface area contributed by atoms with Gasteiger partial charge in [0.2, 0.25) is 5.91 Å². The topological polar surface area (TPSA) is 29.5 Å². The van der Waals surface area contributed by atoms with Crippen LogP contribution in [0.5, 0.6) is 0 Å². The molecule has 1 aliphatic rings. The molecule has 0 radical (unpaired) electrons. The third-order valence-electron chi connectivity index (χ3n) is 2.98. The Morgan fingerprint density at radius 3 is 2.33 bits per heavy atom. The molecular formula is C12H15NO2. The summed E-state index contributed by atoms with van der Waals surface area (Å²) >= 11 is 0. The second-order valence-electron chi connectivity index (χ2n) is 3.89. The third-order valence-corrected chi connectivity index (χ3v) is 2.98. The monoisotopic (exact) mass is 205 g/mol. The lowest BCUT2D eigenvalue weighted by Gasteiger charge is -2.17. The molecule has 0 heterocycles. The van der Waals surface area contributed by atoms with E-state index in [2.05, 4.69) is 12.1 Å². The highest BCUT2D eigenvalue weighted by Gasteiger charge is 2.29. The van der Waals surface area contributed by atoms with Crippen LogP contribution in [0.15, 0.2) is 24.3 Å². The van der Waals surface area contributed by atoms with Gasteiger partial charge in [0.25, 0.3) is 0 Å². The van der Waals surface area contributed by atoms with Gasteiger partial charge < -0.3 is 0 Å². The van der Waals surface area contributed by atoms with Gasteiger partial charge in [0, 0.05) is 13.0 Å². The molecule has 1 aliphatic carbocycles. The number of amides is 1. The van der Waals surface area contributed by atoms with E-state index in [1.165, 1.54) is 23.3 Å². The SMILES string of the molecule is CON(C)C(=O)C1Cc2ccccc2C1. The van der Waals surface area contributed by atoms with Crippen molar-refractivity contribution in [2.75, 3.05) is 14.2 Å². The van der Waals surface area contributed by atoms with E-state index in [-0.39, 0.29) is 11.8 Å². The van der Waals surface area contributed by atoms with Crippen LogP contribution in [0.4, 0.5) is 0 Å². The Morgan fingerprint density at radius 1 is 1.33 bits per heavy atom. The molecule has 0 atom stereocenters. The first kappa shape index (κ1) is 10.2. The zero-order valence-electron chi connectivity index (χ0n) is 9.06. The average Bonchev–Trinajstić information content (AvgIpc) is 2.70. The number of fused-ring (bicyclic) bond motifs is 1. The lowest BCUT2D eigenvalue weighted by atomic mass is 10.1. The van der Waals surface area contributed by atoms with Crippen molar-refractivity contribution >= 4 is 5.91 Å². The minimum absolute atomic E-state index is 0.0485. The van der Waals surface area contributed by atoms with Crippen molar-refractivity contribution in [1.29, 1.82) is 0 Å². The van der Waals surface area contributed by atoms with Crippen LogP contribution in [0.25, 0.3) is 0 Å². The Morgan fingerprint density at radius 2 is 1.87 bits per heavy atom. The number of nitrogens with zero attached hydrogens (tertiary/aromatic N) is 1. The maximum atomic E-state index is 11.8. The fourth-order valence-corrected chi connectivity index (χ4v) is 2.08. The molecule has 2 rings (SSSR count). The lowest BCUT2D eigenvalue weighted by molar-refractivity contribution is -0.173. The Balaban J connectivity index is 2.10. The molecule has 1 aromatic carbocycles. The molecule has 3 heteroatoms. The smallest absolute Gasteiger partial charge is 0.249 e. The minimum atomic E-state index is 0.0485. The average molecular weight is 205 g/mol. The molecule has 0 spiro atoms. The highest BCUT2D eigenvalue weighted by molar-refractivity contribution is 5.79. The van der Waals surface area contributed by atoms with Crippen LogP contribution in [-0.4, -0.2) is 25.1 Å². The molecular weight excluding hydrogens is 190 g/mol. The van der Waals surface area contributed by atoms with Gasteiger partial charge in [0.15, 0.2) is 0 Å². The van der Waals surface area contributed by atoms with Gasteiger partial charge in [-0.1, -0.05) is 24.3 Å². The van der Waals surface area contributed by atoms with Crippen molar-refractivity contribution in [3.8, 4) is 0 Å². The zero-order valence-corrected chi connectivity index (χ0v) is 9.06. The van der Waals surface area contributed by atoms with Gasteiger partial charge in [-0.05, 0) is 24.0 Å². The van der Waals surface area contributed by atoms with Crippen molar-refractivity contribution in [3.05, 3.63) is 35.4 Å². The van der Waals surface area contributed by atoms with Crippen molar-refractivity contribution in [2.24, 2.45) is 5.92 Å². The fraction of sp³-hybridized carbons (Fsp3) is 0.417. The summed E-state index contributed by atoms with van der Waals surface area (Å²) in [5, 5.41) is 1.32. The maximum Gasteiger partial charge on any atom is 0.249 e. The molecule has 0 saturated heterocycles. The summed E-state index contributed by atoms with van der Waals surface area (Å²) < 4.78 is 0. The van der Waals surface area contributed by atoms with Crippen LogP contribution in [0, 0.1) is 5.92 Å². The molecule has 0 aromatic heterocycles. The summed E-state index contributed by atoms with van der Waals surface area (Å²) in [5.74, 6) is 0.112. The third kappa shape index (κ3) is 1.88. The van der Waals surface area contributed by atoms with E-state index in [1.54, 1.807) is 7.05 Å². The van der Waals surface area contributed by atoms with Crippen molar-refractivity contribution in [2.45, 2.75) is 12.8 Å². The first-order valence-electron chi connectivity index (χ1n) is 5.11. The Kier molecular flexibility index (Phi) is 2.73. The molecule has 0 bridgehead atoms. The largest absolute Gasteiger partial charge is 0.275 e. The molecule has 0 saturated carbocycles. The number of carbonyl (C=O) groups is 1. The number of hydrogen-bond acceptors (Lipinski definition) is 2. The summed E-state index contributed by atoms with van der Waals surface area (Å²) in [6, 6.07) is 8.22. The highest BCUT2D eigenvalue weighted by atomic mass is 16.7. The second kappa shape index (κ2) is 4.03. The summed E-state index contributed by atoms with van der Waals surface area (Å²) in [6.07, 6.45) is 1.67. The van der Waals surface area contributed by atoms with Crippen LogP contribution in [0.1, 0.15) is 11.1 Å². The summed E-state index contributed by atoms with van der Waals surface area (Å²) in [4.78, 5) is 16.8. The minimum Gasteiger partial charge on any atom is -0.275 e. The molecule has 1 amide bonds. The van der Waals surface area contributed by atoms with E-state index >= 15 is 0 Å². The summed E-state index contributed by atoms with van der Waals surface area (Å²) in [6.45, 7) is 0. The van der Waals surface area contributed by atoms with Gasteiger partial charge in [-0.3, -0.25) is 9.63 Å². The molecule has 1 aromatic rings. The van der Waals surface area contributed by atoms with E-state index in [9.17, 15) is 4.79 Å². The number of hydroxylamine groups is 2. The number of benzene rings is 1. The maximum absolute atomic E-state index is 11.8. The zero-order chi connectivity index (χ0) is 10.8. The van der Waals surface area contributed by atoms with Gasteiger partial charge in [-0.2, -0.15) is 0 Å². The van der Waals surface area contributed by atoms with Crippen LogP contribution in [-0.2, 0) is 22.5 Å². The van der Waals surface area contributed by atoms with E-state index in [4.69, 9.17) is 4.84 Å². The molecule has 3 nitrogen and oxygen atoms in total. The number of rotatable bonds is 2. The molecule has 80 valence electrons. The Bertz CT molecular complexity index is 351. The molecule has 15 heavy (non-hydrogen) atoms. The van der Waals surface area contributed by atoms with Gasteiger partial charge in [0.05, 0.1) is 7.11 Å². The van der Waals surface area contributed by atoms with E-state index in [0.717, 1.165) is 12.8 Å². The predicted molar refractivity (Wildman–Crippen MR) is 57.1 cm³/mol. The lowest BCUT2D eigenvalue weighted by Crippen LogP contribution is -2.32. The Labute approximate surface area is 89.6 Å². The van der Waals surface area contributed by atoms with E-state index in [1.807, 2.05) is 12.1 Å². The van der Waals surface area contributed by atoms with Crippen LogP contribution < -0.4 is 0 Å². The molecule has 0 aliphatic heterocycles. The normalized spacial score (nSPS) is 15.1. The van der Waals surface area contributed by atoms with Gasteiger partial charge >= 0.3 is 0 Å². The number of carbonyl (C=O) groups excluding carboxylic acids is 1. The van der Waals surface area contributed by atoms with Crippen molar-refractivity contribution < 1.29 is 9.63 Å². The first-order valence-corrected chi connectivity index (χ1v) is 5.11. The second-order valence-corrected chi connectivity index (χ2v) is 3.89. The van der Waals surface area contributed by atoms with Gasteiger partial charge in [-0.15, -0.1) is 0 Å². The summed E-state index contributed by atoms with van der Waals surface area (Å²) in [5.41, 5.74) is 2.58. The van der Waals surface area contributed by atoms with Crippen molar-refractivity contribution in [1.82, 2.24) is 5.06 Å². The molecule has 0 N–H and O–H groups in total. The Hall–Kier alpha value is -1.35. The van der Waals surface area contributed by atoms with E-state index in [0.29, 0.717) is 0 Å². The van der Waals surface area contributed by atoms with Crippen LogP contribution in [0.3, 0.4) is 0 Å². The quantitative estimate of drug-likeness (QED) is 0.683. The first-order chi connectivity index (χ1) is 7.22. The summed E-state index contributed by atoms with van der Waals surface area (Å²) in [7, 11) is 3.17. The van der Waals surface area contributed by atoms with Gasteiger partial charge in [-0.25, -0.2) is 5.06 Å². The fourth-order valence-electron chi connectivity index (χ4n) is 2.08. The molecule has 0 unspecified atom stereocenters. The highest BCUT2D eigenvalue weighted by Crippen LogP contribution is 2.27. The standard InChI is InChI=1S/C12H15NO2/c1-13(15-2)12(14)11-7-9-5-3-4-6-10(9)8-11/h3-6,11H,7-8H2,1-2H3. The number of hydrogen-bond donors (Lipinski definition) is 0. The molecule has 0 fully saturated rings. The van der Waals surface area contributed by atoms with Crippen LogP contribution >= 0.6 is 0 Å². The van der Waals surface area contributed by atoms with E-state index < -0.39 is 0 Å². The van der Waals surface area contributed by atoms with Gasteiger partial charge in [0.1, 0.15) is 0 Å². The van der Waals surface area contributed by atoms with Crippen molar-refractivity contribution in [3.63, 3.8) is 0 Å². The van der Waals surface area contributed by atoms with Crippen LogP contribution in [0.2, 0.25) is 0 Å². The predicted octanol–water partition coefficient (Wildman–Crippen LogP) is 1.42.